The van der Waals surface area contributed by atoms with E-state index in [2.05, 4.69) is 47.5 Å². The smallest absolute Gasteiger partial charge is 0.251 e. The molecule has 1 amide bonds. The maximum atomic E-state index is 12.7. The molecule has 5 atom stereocenters. The van der Waals surface area contributed by atoms with Gasteiger partial charge in [-0.1, -0.05) is 97.9 Å². The van der Waals surface area contributed by atoms with Crippen LogP contribution in [0.25, 0.3) is 11.1 Å². The Balaban J connectivity index is 1.22. The van der Waals surface area contributed by atoms with Gasteiger partial charge in [0, 0.05) is 36.2 Å². The van der Waals surface area contributed by atoms with Crippen LogP contribution in [0, 0.1) is 5.92 Å². The SMILES string of the molecule is C[C@H]1[C@@H](CN2CCC[C@H]2CO)O[C@@H](c2ccc(-c3ccccc3CNC(=O)c3ccccc3)cc2)O[C@H]1c1ccc(CO)cc1. The molecule has 2 aliphatic heterocycles. The van der Waals surface area contributed by atoms with Crippen molar-refractivity contribution in [3.63, 3.8) is 0 Å². The van der Waals surface area contributed by atoms with E-state index in [4.69, 9.17) is 9.47 Å². The van der Waals surface area contributed by atoms with Crippen LogP contribution in [0.1, 0.15) is 64.8 Å². The number of nitrogens with one attached hydrogen (secondary N) is 1. The van der Waals surface area contributed by atoms with Gasteiger partial charge in [-0.2, -0.15) is 0 Å². The van der Waals surface area contributed by atoms with Gasteiger partial charge in [0.1, 0.15) is 0 Å². The van der Waals surface area contributed by atoms with Gasteiger partial charge in [-0.3, -0.25) is 9.69 Å². The number of carbonyl (C=O) groups is 1. The third kappa shape index (κ3) is 7.19. The van der Waals surface area contributed by atoms with Gasteiger partial charge in [-0.15, -0.1) is 0 Å². The van der Waals surface area contributed by atoms with Gasteiger partial charge in [0.2, 0.25) is 0 Å². The van der Waals surface area contributed by atoms with Crippen LogP contribution in [0.5, 0.6) is 0 Å². The molecule has 0 aromatic heterocycles. The number of nitrogens with zero attached hydrogens (tertiary/aromatic N) is 1. The van der Waals surface area contributed by atoms with Crippen LogP contribution < -0.4 is 5.32 Å². The van der Waals surface area contributed by atoms with Crippen LogP contribution in [0.4, 0.5) is 0 Å². The van der Waals surface area contributed by atoms with E-state index in [1.807, 2.05) is 72.8 Å². The quantitative estimate of drug-likeness (QED) is 0.204. The maximum Gasteiger partial charge on any atom is 0.251 e. The van der Waals surface area contributed by atoms with Gasteiger partial charge in [0.15, 0.2) is 6.29 Å². The lowest BCUT2D eigenvalue weighted by atomic mass is 9.89. The molecule has 0 aliphatic carbocycles. The van der Waals surface area contributed by atoms with Gasteiger partial charge in [-0.05, 0) is 59.3 Å². The third-order valence-electron chi connectivity index (χ3n) is 9.23. The number of ether oxygens (including phenoxy) is 2. The second kappa shape index (κ2) is 14.5. The topological polar surface area (TPSA) is 91.3 Å². The van der Waals surface area contributed by atoms with Crippen molar-refractivity contribution in [2.75, 3.05) is 19.7 Å². The molecule has 4 aromatic rings. The number of aliphatic hydroxyl groups is 2. The van der Waals surface area contributed by atoms with Crippen molar-refractivity contribution in [2.24, 2.45) is 5.92 Å². The fourth-order valence-electron chi connectivity index (χ4n) is 6.54. The minimum Gasteiger partial charge on any atom is -0.395 e. The second-order valence-corrected chi connectivity index (χ2v) is 12.1. The molecule has 0 radical (unpaired) electrons. The van der Waals surface area contributed by atoms with Gasteiger partial charge >= 0.3 is 0 Å². The van der Waals surface area contributed by atoms with E-state index in [9.17, 15) is 15.0 Å². The Bertz CT molecular complexity index is 1540. The molecule has 7 nitrogen and oxygen atoms in total. The molecule has 3 N–H and O–H groups in total. The fraction of sp³-hybridized carbons (Fsp3) is 0.342. The summed E-state index contributed by atoms with van der Waals surface area (Å²) in [5.74, 6) is -0.0191. The highest BCUT2D eigenvalue weighted by molar-refractivity contribution is 5.94. The summed E-state index contributed by atoms with van der Waals surface area (Å²) in [6.07, 6.45) is 1.25. The Morgan fingerprint density at radius 2 is 1.58 bits per heavy atom. The van der Waals surface area contributed by atoms with Crippen molar-refractivity contribution in [1.29, 1.82) is 0 Å². The minimum absolute atomic E-state index is 0.00208. The Morgan fingerprint density at radius 3 is 2.31 bits per heavy atom. The molecule has 7 heteroatoms. The zero-order valence-corrected chi connectivity index (χ0v) is 25.7. The molecule has 6 rings (SSSR count). The average Bonchev–Trinajstić information content (AvgIpc) is 3.56. The molecular weight excluding hydrogens is 564 g/mol. The highest BCUT2D eigenvalue weighted by atomic mass is 16.7. The van der Waals surface area contributed by atoms with Gasteiger partial charge in [-0.25, -0.2) is 0 Å². The van der Waals surface area contributed by atoms with Crippen molar-refractivity contribution < 1.29 is 24.5 Å². The van der Waals surface area contributed by atoms with Crippen LogP contribution >= 0.6 is 0 Å². The lowest BCUT2D eigenvalue weighted by Gasteiger charge is -2.43. The molecule has 45 heavy (non-hydrogen) atoms. The molecule has 0 bridgehead atoms. The molecule has 0 spiro atoms. The normalized spacial score (nSPS) is 23.6. The summed E-state index contributed by atoms with van der Waals surface area (Å²) in [7, 11) is 0. The second-order valence-electron chi connectivity index (χ2n) is 12.1. The molecule has 2 aliphatic rings. The van der Waals surface area contributed by atoms with Crippen molar-refractivity contribution in [1.82, 2.24) is 10.2 Å². The Morgan fingerprint density at radius 1 is 0.867 bits per heavy atom. The van der Waals surface area contributed by atoms with E-state index in [0.29, 0.717) is 12.1 Å². The summed E-state index contributed by atoms with van der Waals surface area (Å²) in [5, 5.41) is 22.6. The monoisotopic (exact) mass is 606 g/mol. The fourth-order valence-corrected chi connectivity index (χ4v) is 6.54. The van der Waals surface area contributed by atoms with E-state index in [1.165, 1.54) is 0 Å². The molecule has 2 fully saturated rings. The van der Waals surface area contributed by atoms with Crippen molar-refractivity contribution in [3.05, 3.63) is 131 Å². The average molecular weight is 607 g/mol. The lowest BCUT2D eigenvalue weighted by molar-refractivity contribution is -0.276. The molecule has 0 saturated carbocycles. The van der Waals surface area contributed by atoms with E-state index in [1.54, 1.807) is 0 Å². The van der Waals surface area contributed by atoms with Crippen LogP contribution in [0.2, 0.25) is 0 Å². The van der Waals surface area contributed by atoms with Crippen molar-refractivity contribution in [3.8, 4) is 11.1 Å². The van der Waals surface area contributed by atoms with Crippen LogP contribution in [-0.4, -0.2) is 52.9 Å². The zero-order chi connectivity index (χ0) is 31.2. The van der Waals surface area contributed by atoms with E-state index in [0.717, 1.165) is 59.3 Å². The molecule has 234 valence electrons. The maximum absolute atomic E-state index is 12.7. The van der Waals surface area contributed by atoms with Crippen LogP contribution in [-0.2, 0) is 22.6 Å². The summed E-state index contributed by atoms with van der Waals surface area (Å²) in [6.45, 7) is 4.44. The first-order chi connectivity index (χ1) is 22.0. The van der Waals surface area contributed by atoms with Gasteiger partial charge in [0.25, 0.3) is 5.91 Å². The standard InChI is InChI=1S/C38H42N2O5/c1-26-35(23-40-21-7-11-33(40)25-42)44-38(45-36(26)29-15-13-27(24-41)14-16-29)31-19-17-28(18-20-31)34-12-6-5-10-32(34)22-39-37(43)30-8-3-2-4-9-30/h2-6,8-10,12-20,26,33,35-36,38,41-42H,7,11,21-25H2,1H3,(H,39,43)/t26-,33-,35+,36+,38+/m0/s1. The van der Waals surface area contributed by atoms with E-state index >= 15 is 0 Å². The van der Waals surface area contributed by atoms with Gasteiger partial charge < -0.3 is 25.0 Å². The number of hydrogen-bond donors (Lipinski definition) is 3. The molecule has 0 unspecified atom stereocenters. The predicted octanol–water partition coefficient (Wildman–Crippen LogP) is 6.02. The third-order valence-corrected chi connectivity index (χ3v) is 9.23. The summed E-state index contributed by atoms with van der Waals surface area (Å²) in [6, 6.07) is 33.8. The summed E-state index contributed by atoms with van der Waals surface area (Å²) >= 11 is 0. The zero-order valence-electron chi connectivity index (χ0n) is 25.7. The van der Waals surface area contributed by atoms with Crippen molar-refractivity contribution >= 4 is 5.91 Å². The lowest BCUT2D eigenvalue weighted by Crippen LogP contribution is -2.46. The highest BCUT2D eigenvalue weighted by Crippen LogP contribution is 2.42. The first kappa shape index (κ1) is 31.1. The van der Waals surface area contributed by atoms with E-state index in [-0.39, 0.29) is 43.3 Å². The largest absolute Gasteiger partial charge is 0.395 e. The number of amides is 1. The first-order valence-electron chi connectivity index (χ1n) is 15.9. The molecular formula is C38H42N2O5. The molecule has 2 saturated heterocycles. The summed E-state index contributed by atoms with van der Waals surface area (Å²) in [4.78, 5) is 15.0. The first-order valence-corrected chi connectivity index (χ1v) is 15.9. The van der Waals surface area contributed by atoms with Gasteiger partial charge in [0.05, 0.1) is 25.4 Å². The molecule has 4 aromatic carbocycles. The highest BCUT2D eigenvalue weighted by Gasteiger charge is 2.40. The number of carbonyl (C=O) groups excluding carboxylic acids is 1. The number of rotatable bonds is 10. The predicted molar refractivity (Wildman–Crippen MR) is 174 cm³/mol. The Labute approximate surface area is 265 Å². The number of benzene rings is 4. The minimum atomic E-state index is -0.557. The number of hydrogen-bond acceptors (Lipinski definition) is 6. The van der Waals surface area contributed by atoms with Crippen LogP contribution in [0.15, 0.2) is 103 Å². The summed E-state index contributed by atoms with van der Waals surface area (Å²) in [5.41, 5.74) is 6.62. The Hall–Kier alpha value is -3.85. The van der Waals surface area contributed by atoms with Crippen LogP contribution in [0.3, 0.4) is 0 Å². The number of likely N-dealkylation sites (tertiary alicyclic amines) is 1. The number of aliphatic hydroxyl groups excluding tert-OH is 2. The molecule has 2 heterocycles. The van der Waals surface area contributed by atoms with Crippen molar-refractivity contribution in [2.45, 2.75) is 57.5 Å². The summed E-state index contributed by atoms with van der Waals surface area (Å²) < 4.78 is 13.3. The van der Waals surface area contributed by atoms with E-state index < -0.39 is 6.29 Å². The Kier molecular flexibility index (Phi) is 10.0.